The van der Waals surface area contributed by atoms with Crippen molar-refractivity contribution < 1.29 is 14.2 Å². The fraction of sp³-hybridized carbons (Fsp3) is 1.00. The molecule has 2 heterocycles. The van der Waals surface area contributed by atoms with Gasteiger partial charge in [0.05, 0.1) is 11.7 Å². The van der Waals surface area contributed by atoms with Crippen molar-refractivity contribution in [3.8, 4) is 0 Å². The van der Waals surface area contributed by atoms with Gasteiger partial charge in [0.1, 0.15) is 0 Å². The molecule has 3 atom stereocenters. The third-order valence-corrected chi connectivity index (χ3v) is 4.55. The molecule has 0 aromatic heterocycles. The maximum absolute atomic E-state index is 6.35. The van der Waals surface area contributed by atoms with Crippen molar-refractivity contribution in [3.05, 3.63) is 0 Å². The van der Waals surface area contributed by atoms with Crippen LogP contribution in [-0.2, 0) is 14.2 Å². The van der Waals surface area contributed by atoms with E-state index in [1.807, 2.05) is 0 Å². The molecule has 0 amide bonds. The first kappa shape index (κ1) is 14.3. The Morgan fingerprint density at radius 3 is 2.72 bits per heavy atom. The zero-order valence-corrected chi connectivity index (χ0v) is 11.7. The van der Waals surface area contributed by atoms with Crippen molar-refractivity contribution in [3.63, 3.8) is 0 Å². The Labute approximate surface area is 110 Å². The van der Waals surface area contributed by atoms with Crippen LogP contribution in [0, 0.1) is 5.92 Å². The highest BCUT2D eigenvalue weighted by Gasteiger charge is 2.40. The molecule has 2 N–H and O–H groups in total. The quantitative estimate of drug-likeness (QED) is 0.833. The second kappa shape index (κ2) is 6.33. The van der Waals surface area contributed by atoms with Crippen LogP contribution in [0.15, 0.2) is 0 Å². The van der Waals surface area contributed by atoms with Crippen LogP contribution in [0.2, 0.25) is 0 Å². The van der Waals surface area contributed by atoms with Gasteiger partial charge in [-0.15, -0.1) is 0 Å². The van der Waals surface area contributed by atoms with Crippen LogP contribution in [-0.4, -0.2) is 44.7 Å². The highest BCUT2D eigenvalue weighted by atomic mass is 16.5. The normalized spacial score (nSPS) is 31.2. The molecule has 0 aromatic carbocycles. The van der Waals surface area contributed by atoms with Crippen molar-refractivity contribution >= 4 is 0 Å². The largest absolute Gasteiger partial charge is 0.382 e. The molecule has 4 heteroatoms. The number of ether oxygens (including phenoxy) is 3. The minimum Gasteiger partial charge on any atom is -0.382 e. The minimum atomic E-state index is 0.0507. The van der Waals surface area contributed by atoms with E-state index >= 15 is 0 Å². The Balaban J connectivity index is 1.89. The maximum atomic E-state index is 6.35. The zero-order valence-electron chi connectivity index (χ0n) is 11.7. The van der Waals surface area contributed by atoms with E-state index in [0.717, 1.165) is 51.9 Å². The predicted molar refractivity (Wildman–Crippen MR) is 70.5 cm³/mol. The van der Waals surface area contributed by atoms with Gasteiger partial charge < -0.3 is 19.9 Å². The Bertz CT molecular complexity index is 248. The lowest BCUT2D eigenvalue weighted by molar-refractivity contribution is -0.150. The second-order valence-electron chi connectivity index (χ2n) is 5.84. The van der Waals surface area contributed by atoms with Gasteiger partial charge in [-0.05, 0) is 44.9 Å². The molecule has 0 aromatic rings. The molecule has 2 fully saturated rings. The number of hydrogen-bond donors (Lipinski definition) is 1. The van der Waals surface area contributed by atoms with Crippen molar-refractivity contribution in [2.24, 2.45) is 11.7 Å². The molecule has 0 radical (unpaired) electrons. The van der Waals surface area contributed by atoms with Crippen LogP contribution in [0.5, 0.6) is 0 Å². The summed E-state index contributed by atoms with van der Waals surface area (Å²) in [4.78, 5) is 0. The molecule has 2 saturated heterocycles. The van der Waals surface area contributed by atoms with Gasteiger partial charge >= 0.3 is 0 Å². The van der Waals surface area contributed by atoms with E-state index in [-0.39, 0.29) is 17.7 Å². The fourth-order valence-corrected chi connectivity index (χ4v) is 3.19. The van der Waals surface area contributed by atoms with E-state index in [0.29, 0.717) is 5.92 Å². The van der Waals surface area contributed by atoms with E-state index in [4.69, 9.17) is 19.9 Å². The summed E-state index contributed by atoms with van der Waals surface area (Å²) in [6.45, 7) is 4.59. The van der Waals surface area contributed by atoms with E-state index in [1.165, 1.54) is 0 Å². The maximum Gasteiger partial charge on any atom is 0.0729 e. The lowest BCUT2D eigenvalue weighted by Gasteiger charge is -2.45. The molecule has 18 heavy (non-hydrogen) atoms. The lowest BCUT2D eigenvalue weighted by atomic mass is 9.77. The SMILES string of the molecule is COC(C)CC(N)C1CCOC2(CCOCC2)C1. The summed E-state index contributed by atoms with van der Waals surface area (Å²) < 4.78 is 16.8. The van der Waals surface area contributed by atoms with Gasteiger partial charge in [-0.25, -0.2) is 0 Å². The van der Waals surface area contributed by atoms with E-state index in [1.54, 1.807) is 7.11 Å². The minimum absolute atomic E-state index is 0.0507. The summed E-state index contributed by atoms with van der Waals surface area (Å²) >= 11 is 0. The third kappa shape index (κ3) is 3.44. The average Bonchev–Trinajstić information content (AvgIpc) is 2.39. The molecule has 3 unspecified atom stereocenters. The van der Waals surface area contributed by atoms with Gasteiger partial charge in [0, 0.05) is 33.0 Å². The zero-order chi connectivity index (χ0) is 13.0. The monoisotopic (exact) mass is 257 g/mol. The van der Waals surface area contributed by atoms with Crippen molar-refractivity contribution in [2.45, 2.75) is 56.8 Å². The molecule has 0 bridgehead atoms. The molecule has 4 nitrogen and oxygen atoms in total. The number of methoxy groups -OCH3 is 1. The van der Waals surface area contributed by atoms with E-state index in [9.17, 15) is 0 Å². The number of rotatable bonds is 4. The summed E-state index contributed by atoms with van der Waals surface area (Å²) in [7, 11) is 1.75. The summed E-state index contributed by atoms with van der Waals surface area (Å²) in [5.74, 6) is 0.564. The van der Waals surface area contributed by atoms with Gasteiger partial charge in [-0.3, -0.25) is 0 Å². The second-order valence-corrected chi connectivity index (χ2v) is 5.84. The van der Waals surface area contributed by atoms with Gasteiger partial charge in [0.25, 0.3) is 0 Å². The lowest BCUT2D eigenvalue weighted by Crippen LogP contribution is -2.48. The summed E-state index contributed by atoms with van der Waals surface area (Å²) in [6, 6.07) is 0.226. The van der Waals surface area contributed by atoms with Gasteiger partial charge in [0.2, 0.25) is 0 Å². The standard InChI is InChI=1S/C14H27NO3/c1-11(16-2)9-13(15)12-3-6-18-14(10-12)4-7-17-8-5-14/h11-13H,3-10,15H2,1-2H3. The molecule has 2 aliphatic heterocycles. The Kier molecular flexibility index (Phi) is 5.01. The van der Waals surface area contributed by atoms with Crippen molar-refractivity contribution in [1.82, 2.24) is 0 Å². The molecule has 0 aliphatic carbocycles. The Hall–Kier alpha value is -0.160. The smallest absolute Gasteiger partial charge is 0.0729 e. The third-order valence-electron chi connectivity index (χ3n) is 4.55. The first-order valence-corrected chi connectivity index (χ1v) is 7.15. The first-order chi connectivity index (χ1) is 8.65. The molecule has 1 spiro atoms. The van der Waals surface area contributed by atoms with E-state index in [2.05, 4.69) is 6.92 Å². The van der Waals surface area contributed by atoms with Crippen molar-refractivity contribution in [1.29, 1.82) is 0 Å². The van der Waals surface area contributed by atoms with Gasteiger partial charge in [0.15, 0.2) is 0 Å². The van der Waals surface area contributed by atoms with Crippen LogP contribution in [0.3, 0.4) is 0 Å². The number of nitrogens with two attached hydrogens (primary N) is 1. The molecule has 106 valence electrons. The molecule has 2 aliphatic rings. The van der Waals surface area contributed by atoms with Crippen LogP contribution in [0.25, 0.3) is 0 Å². The Morgan fingerprint density at radius 1 is 1.33 bits per heavy atom. The molecule has 2 rings (SSSR count). The highest BCUT2D eigenvalue weighted by molar-refractivity contribution is 4.92. The highest BCUT2D eigenvalue weighted by Crippen LogP contribution is 2.38. The van der Waals surface area contributed by atoms with Gasteiger partial charge in [-0.2, -0.15) is 0 Å². The summed E-state index contributed by atoms with van der Waals surface area (Å²) in [5, 5.41) is 0. The van der Waals surface area contributed by atoms with Crippen LogP contribution >= 0.6 is 0 Å². The first-order valence-electron chi connectivity index (χ1n) is 7.15. The van der Waals surface area contributed by atoms with E-state index < -0.39 is 0 Å². The molecular formula is C14H27NO3. The van der Waals surface area contributed by atoms with Gasteiger partial charge in [-0.1, -0.05) is 0 Å². The summed E-state index contributed by atoms with van der Waals surface area (Å²) in [5.41, 5.74) is 6.40. The number of hydrogen-bond acceptors (Lipinski definition) is 4. The fourth-order valence-electron chi connectivity index (χ4n) is 3.19. The topological polar surface area (TPSA) is 53.7 Å². The predicted octanol–water partition coefficient (Wildman–Crippen LogP) is 1.71. The molecule has 0 saturated carbocycles. The Morgan fingerprint density at radius 2 is 2.06 bits per heavy atom. The molecular weight excluding hydrogens is 230 g/mol. The van der Waals surface area contributed by atoms with Crippen molar-refractivity contribution in [2.75, 3.05) is 26.9 Å². The summed E-state index contributed by atoms with van der Waals surface area (Å²) in [6.07, 6.45) is 5.40. The van der Waals surface area contributed by atoms with Crippen LogP contribution in [0.1, 0.15) is 39.0 Å². The average molecular weight is 257 g/mol. The van der Waals surface area contributed by atoms with Crippen LogP contribution in [0.4, 0.5) is 0 Å². The van der Waals surface area contributed by atoms with Crippen LogP contribution < -0.4 is 5.73 Å².